The van der Waals surface area contributed by atoms with E-state index in [0.29, 0.717) is 12.1 Å². The van der Waals surface area contributed by atoms with Gasteiger partial charge < -0.3 is 5.73 Å². The Labute approximate surface area is 132 Å². The number of nitrogens with two attached hydrogens (primary N) is 1. The number of rotatable bonds is 4. The molecule has 1 aliphatic heterocycles. The van der Waals surface area contributed by atoms with Crippen molar-refractivity contribution in [2.75, 3.05) is 19.3 Å². The van der Waals surface area contributed by atoms with Gasteiger partial charge in [-0.25, -0.2) is 16.8 Å². The van der Waals surface area contributed by atoms with Crippen LogP contribution in [0.25, 0.3) is 0 Å². The van der Waals surface area contributed by atoms with Gasteiger partial charge in [0.2, 0.25) is 10.0 Å². The fourth-order valence-electron chi connectivity index (χ4n) is 2.93. The van der Waals surface area contributed by atoms with Crippen molar-refractivity contribution in [3.63, 3.8) is 0 Å². The number of benzene rings is 1. The molecular formula is C14H22N2O4S2. The Morgan fingerprint density at radius 2 is 1.77 bits per heavy atom. The van der Waals surface area contributed by atoms with Crippen LogP contribution in [0.4, 0.5) is 0 Å². The molecule has 1 unspecified atom stereocenters. The highest BCUT2D eigenvalue weighted by Crippen LogP contribution is 2.31. The molecule has 2 N–H and O–H groups in total. The molecule has 1 saturated heterocycles. The fraction of sp³-hybridized carbons (Fsp3) is 0.571. The van der Waals surface area contributed by atoms with Gasteiger partial charge in [-0.3, -0.25) is 0 Å². The SMILES string of the molecule is Cc1cc(S(C)(=O)=O)c(C)c(S(=O)(=O)N2CCCC2CN)c1. The van der Waals surface area contributed by atoms with E-state index >= 15 is 0 Å². The Balaban J connectivity index is 2.64. The van der Waals surface area contributed by atoms with Crippen LogP contribution in [0, 0.1) is 13.8 Å². The topological polar surface area (TPSA) is 97.5 Å². The van der Waals surface area contributed by atoms with Crippen molar-refractivity contribution in [3.8, 4) is 0 Å². The number of hydrogen-bond acceptors (Lipinski definition) is 5. The van der Waals surface area contributed by atoms with Crippen LogP contribution in [-0.4, -0.2) is 46.5 Å². The van der Waals surface area contributed by atoms with Crippen molar-refractivity contribution in [1.29, 1.82) is 0 Å². The number of sulfonamides is 1. The van der Waals surface area contributed by atoms with Crippen molar-refractivity contribution in [3.05, 3.63) is 23.3 Å². The van der Waals surface area contributed by atoms with Crippen LogP contribution in [0.5, 0.6) is 0 Å². The van der Waals surface area contributed by atoms with E-state index in [4.69, 9.17) is 5.73 Å². The molecule has 0 amide bonds. The third-order valence-corrected chi connectivity index (χ3v) is 7.34. The molecule has 1 aliphatic rings. The van der Waals surface area contributed by atoms with E-state index < -0.39 is 19.9 Å². The molecule has 1 aromatic rings. The normalized spacial score (nSPS) is 20.5. The first kappa shape index (κ1) is 17.4. The molecule has 1 aromatic carbocycles. The molecule has 0 aliphatic carbocycles. The van der Waals surface area contributed by atoms with Gasteiger partial charge >= 0.3 is 0 Å². The lowest BCUT2D eigenvalue weighted by molar-refractivity contribution is 0.392. The van der Waals surface area contributed by atoms with E-state index in [1.165, 1.54) is 23.4 Å². The predicted octanol–water partition coefficient (Wildman–Crippen LogP) is 0.819. The third-order valence-electron chi connectivity index (χ3n) is 4.04. The molecule has 0 spiro atoms. The lowest BCUT2D eigenvalue weighted by Gasteiger charge is -2.24. The first-order chi connectivity index (χ1) is 10.1. The van der Waals surface area contributed by atoms with Gasteiger partial charge in [0.15, 0.2) is 9.84 Å². The third kappa shape index (κ3) is 3.05. The molecular weight excluding hydrogens is 324 g/mol. The second-order valence-corrected chi connectivity index (χ2v) is 9.65. The zero-order chi connectivity index (χ0) is 16.7. The van der Waals surface area contributed by atoms with Crippen molar-refractivity contribution in [1.82, 2.24) is 4.31 Å². The molecule has 22 heavy (non-hydrogen) atoms. The average Bonchev–Trinajstić information content (AvgIpc) is 2.88. The highest BCUT2D eigenvalue weighted by Gasteiger charge is 2.36. The van der Waals surface area contributed by atoms with Gasteiger partial charge in [0.25, 0.3) is 0 Å². The minimum Gasteiger partial charge on any atom is -0.329 e. The highest BCUT2D eigenvalue weighted by atomic mass is 32.2. The zero-order valence-corrected chi connectivity index (χ0v) is 14.7. The standard InChI is InChI=1S/C14H22N2O4S2/c1-10-7-13(21(3,17)18)11(2)14(8-10)22(19,20)16-6-4-5-12(16)9-15/h7-8,12H,4-6,9,15H2,1-3H3. The second-order valence-electron chi connectivity index (χ2n) is 5.81. The molecule has 2 rings (SSSR count). The van der Waals surface area contributed by atoms with Gasteiger partial charge in [0, 0.05) is 25.4 Å². The fourth-order valence-corrected chi connectivity index (χ4v) is 6.10. The largest absolute Gasteiger partial charge is 0.329 e. The summed E-state index contributed by atoms with van der Waals surface area (Å²) in [6.07, 6.45) is 2.59. The number of aryl methyl sites for hydroxylation is 1. The summed E-state index contributed by atoms with van der Waals surface area (Å²) >= 11 is 0. The van der Waals surface area contributed by atoms with Crippen molar-refractivity contribution >= 4 is 19.9 Å². The summed E-state index contributed by atoms with van der Waals surface area (Å²) in [6, 6.07) is 2.82. The second kappa shape index (κ2) is 5.92. The molecule has 124 valence electrons. The van der Waals surface area contributed by atoms with Crippen LogP contribution in [0.1, 0.15) is 24.0 Å². The van der Waals surface area contributed by atoms with E-state index in [2.05, 4.69) is 0 Å². The van der Waals surface area contributed by atoms with Gasteiger partial charge in [0.1, 0.15) is 0 Å². The Morgan fingerprint density at radius 3 is 2.32 bits per heavy atom. The molecule has 1 fully saturated rings. The summed E-state index contributed by atoms with van der Waals surface area (Å²) in [5.41, 5.74) is 6.54. The Hall–Kier alpha value is -0.960. The average molecular weight is 346 g/mol. The monoisotopic (exact) mass is 346 g/mol. The number of hydrogen-bond donors (Lipinski definition) is 1. The maximum Gasteiger partial charge on any atom is 0.243 e. The van der Waals surface area contributed by atoms with Crippen molar-refractivity contribution in [2.24, 2.45) is 5.73 Å². The first-order valence-corrected chi connectivity index (χ1v) is 10.5. The van der Waals surface area contributed by atoms with E-state index in [0.717, 1.165) is 19.1 Å². The predicted molar refractivity (Wildman–Crippen MR) is 85.0 cm³/mol. The summed E-state index contributed by atoms with van der Waals surface area (Å²) in [6.45, 7) is 3.92. The van der Waals surface area contributed by atoms with E-state index in [1.807, 2.05) is 0 Å². The maximum absolute atomic E-state index is 12.9. The van der Waals surface area contributed by atoms with Gasteiger partial charge in [-0.1, -0.05) is 0 Å². The smallest absolute Gasteiger partial charge is 0.243 e. The molecule has 1 heterocycles. The maximum atomic E-state index is 12.9. The minimum absolute atomic E-state index is 0.0632. The van der Waals surface area contributed by atoms with Gasteiger partial charge in [-0.05, 0) is 49.9 Å². The zero-order valence-electron chi connectivity index (χ0n) is 13.0. The van der Waals surface area contributed by atoms with Gasteiger partial charge in [-0.15, -0.1) is 0 Å². The summed E-state index contributed by atoms with van der Waals surface area (Å²) in [7, 11) is -7.24. The van der Waals surface area contributed by atoms with Crippen LogP contribution in [0.2, 0.25) is 0 Å². The van der Waals surface area contributed by atoms with Crippen LogP contribution in [0.3, 0.4) is 0 Å². The van der Waals surface area contributed by atoms with Crippen LogP contribution in [-0.2, 0) is 19.9 Å². The van der Waals surface area contributed by atoms with Gasteiger partial charge in [-0.2, -0.15) is 4.31 Å². The molecule has 8 heteroatoms. The first-order valence-electron chi connectivity index (χ1n) is 7.12. The molecule has 0 bridgehead atoms. The van der Waals surface area contributed by atoms with Crippen LogP contribution >= 0.6 is 0 Å². The quantitative estimate of drug-likeness (QED) is 0.870. The summed E-state index contributed by atoms with van der Waals surface area (Å²) < 4.78 is 51.1. The van der Waals surface area contributed by atoms with E-state index in [1.54, 1.807) is 6.92 Å². The summed E-state index contributed by atoms with van der Waals surface area (Å²) in [5.74, 6) is 0. The Kier molecular flexibility index (Phi) is 4.68. The molecule has 0 radical (unpaired) electrons. The Morgan fingerprint density at radius 1 is 1.18 bits per heavy atom. The van der Waals surface area contributed by atoms with E-state index in [9.17, 15) is 16.8 Å². The van der Waals surface area contributed by atoms with Crippen LogP contribution < -0.4 is 5.73 Å². The summed E-state index contributed by atoms with van der Waals surface area (Å²) in [4.78, 5) is 0.128. The minimum atomic E-state index is -3.75. The number of sulfone groups is 1. The lowest BCUT2D eigenvalue weighted by Crippen LogP contribution is -2.40. The van der Waals surface area contributed by atoms with Gasteiger partial charge in [0.05, 0.1) is 9.79 Å². The molecule has 0 saturated carbocycles. The Bertz CT molecular complexity index is 785. The van der Waals surface area contributed by atoms with E-state index in [-0.39, 0.29) is 27.9 Å². The van der Waals surface area contributed by atoms with Crippen LogP contribution in [0.15, 0.2) is 21.9 Å². The van der Waals surface area contributed by atoms with Crippen molar-refractivity contribution < 1.29 is 16.8 Å². The lowest BCUT2D eigenvalue weighted by atomic mass is 10.2. The highest BCUT2D eigenvalue weighted by molar-refractivity contribution is 7.91. The summed E-state index contributed by atoms with van der Waals surface area (Å²) in [5, 5.41) is 0. The number of nitrogens with zero attached hydrogens (tertiary/aromatic N) is 1. The molecule has 6 nitrogen and oxygen atoms in total. The van der Waals surface area contributed by atoms with Crippen molar-refractivity contribution in [2.45, 2.75) is 42.5 Å². The molecule has 1 atom stereocenters. The molecule has 0 aromatic heterocycles.